The minimum atomic E-state index is 0.315. The van der Waals surface area contributed by atoms with Gasteiger partial charge in [-0.05, 0) is 29.1 Å². The number of aromatic nitrogens is 2. The molecule has 21 heavy (non-hydrogen) atoms. The van der Waals surface area contributed by atoms with Crippen LogP contribution in [0.5, 0.6) is 0 Å². The van der Waals surface area contributed by atoms with Gasteiger partial charge in [-0.2, -0.15) is 0 Å². The molecule has 0 aliphatic carbocycles. The van der Waals surface area contributed by atoms with Gasteiger partial charge in [0.15, 0.2) is 11.6 Å². The number of thiophene rings is 1. The smallest absolute Gasteiger partial charge is 0.158 e. The van der Waals surface area contributed by atoms with Crippen molar-refractivity contribution in [1.82, 2.24) is 9.97 Å². The number of ether oxygens (including phenoxy) is 1. The Morgan fingerprint density at radius 2 is 2.14 bits per heavy atom. The predicted octanol–water partition coefficient (Wildman–Crippen LogP) is 3.35. The fraction of sp³-hybridized carbons (Fsp3) is 0.143. The monoisotopic (exact) mass is 320 g/mol. The van der Waals surface area contributed by atoms with Gasteiger partial charge in [0.2, 0.25) is 0 Å². The highest BCUT2D eigenvalue weighted by atomic mass is 35.5. The number of hydrogen-bond acceptors (Lipinski definition) is 6. The number of rotatable bonds is 5. The van der Waals surface area contributed by atoms with E-state index in [1.165, 1.54) is 0 Å². The second kappa shape index (κ2) is 6.36. The highest BCUT2D eigenvalue weighted by Crippen LogP contribution is 2.24. The van der Waals surface area contributed by atoms with E-state index in [2.05, 4.69) is 15.4 Å². The van der Waals surface area contributed by atoms with Gasteiger partial charge in [0.25, 0.3) is 0 Å². The molecule has 0 atom stereocenters. The van der Waals surface area contributed by atoms with Crippen LogP contribution in [0.4, 0.5) is 5.82 Å². The van der Waals surface area contributed by atoms with Crippen molar-refractivity contribution < 1.29 is 4.74 Å². The summed E-state index contributed by atoms with van der Waals surface area (Å²) in [7, 11) is 0. The Bertz CT molecular complexity index is 762. The van der Waals surface area contributed by atoms with E-state index in [4.69, 9.17) is 22.2 Å². The minimum absolute atomic E-state index is 0.315. The number of benzene rings is 1. The second-order valence-corrected chi connectivity index (χ2v) is 5.73. The van der Waals surface area contributed by atoms with Crippen LogP contribution in [0.1, 0.15) is 11.4 Å². The lowest BCUT2D eigenvalue weighted by atomic mass is 10.2. The molecular weight excluding hydrogens is 308 g/mol. The molecule has 3 N–H and O–H groups in total. The quantitative estimate of drug-likeness (QED) is 0.557. The van der Waals surface area contributed by atoms with E-state index in [-0.39, 0.29) is 0 Å². The van der Waals surface area contributed by atoms with Gasteiger partial charge in [0.1, 0.15) is 11.4 Å². The van der Waals surface area contributed by atoms with Gasteiger partial charge in [0.05, 0.1) is 12.0 Å². The zero-order valence-electron chi connectivity index (χ0n) is 11.0. The Morgan fingerprint density at radius 1 is 1.24 bits per heavy atom. The van der Waals surface area contributed by atoms with Gasteiger partial charge in [-0.3, -0.25) is 0 Å². The first-order valence-electron chi connectivity index (χ1n) is 6.29. The third kappa shape index (κ3) is 3.30. The van der Waals surface area contributed by atoms with Crippen LogP contribution in [0.15, 0.2) is 35.7 Å². The maximum absolute atomic E-state index is 5.93. The van der Waals surface area contributed by atoms with E-state index < -0.39 is 0 Å². The molecule has 0 saturated heterocycles. The summed E-state index contributed by atoms with van der Waals surface area (Å²) >= 11 is 7.48. The molecule has 0 amide bonds. The molecule has 0 aliphatic heterocycles. The molecule has 5 nitrogen and oxygen atoms in total. The molecule has 0 spiro atoms. The van der Waals surface area contributed by atoms with Crippen molar-refractivity contribution in [3.05, 3.63) is 52.1 Å². The third-order valence-corrected chi connectivity index (χ3v) is 3.94. The Morgan fingerprint density at radius 3 is 2.95 bits per heavy atom. The molecule has 0 saturated carbocycles. The van der Waals surface area contributed by atoms with Crippen LogP contribution in [0, 0.1) is 0 Å². The first-order valence-corrected chi connectivity index (χ1v) is 7.55. The highest BCUT2D eigenvalue weighted by molar-refractivity contribution is 7.16. The van der Waals surface area contributed by atoms with Crippen molar-refractivity contribution in [3.8, 4) is 0 Å². The van der Waals surface area contributed by atoms with Crippen molar-refractivity contribution in [2.24, 2.45) is 5.84 Å². The summed E-state index contributed by atoms with van der Waals surface area (Å²) in [5.41, 5.74) is 3.61. The van der Waals surface area contributed by atoms with Crippen LogP contribution in [0.25, 0.3) is 10.2 Å². The van der Waals surface area contributed by atoms with Crippen LogP contribution in [-0.2, 0) is 18.0 Å². The molecular formula is C14H13ClN4OS. The third-order valence-electron chi connectivity index (χ3n) is 2.90. The highest BCUT2D eigenvalue weighted by Gasteiger charge is 2.08. The van der Waals surface area contributed by atoms with Crippen molar-refractivity contribution in [2.75, 3.05) is 5.43 Å². The van der Waals surface area contributed by atoms with Gasteiger partial charge >= 0.3 is 0 Å². The lowest BCUT2D eigenvalue weighted by molar-refractivity contribution is 0.102. The zero-order valence-corrected chi connectivity index (χ0v) is 12.6. The van der Waals surface area contributed by atoms with Crippen molar-refractivity contribution in [2.45, 2.75) is 13.2 Å². The first-order chi connectivity index (χ1) is 10.3. The largest absolute Gasteiger partial charge is 0.369 e. The summed E-state index contributed by atoms with van der Waals surface area (Å²) in [5.74, 6) is 6.70. The fourth-order valence-corrected chi connectivity index (χ4v) is 2.96. The van der Waals surface area contributed by atoms with E-state index >= 15 is 0 Å². The Kier molecular flexibility index (Phi) is 4.31. The van der Waals surface area contributed by atoms with Crippen LogP contribution in [0.2, 0.25) is 5.02 Å². The molecule has 0 radical (unpaired) electrons. The van der Waals surface area contributed by atoms with Gasteiger partial charge in [0, 0.05) is 5.02 Å². The van der Waals surface area contributed by atoms with Crippen molar-refractivity contribution in [1.29, 1.82) is 0 Å². The lowest BCUT2D eigenvalue weighted by Gasteiger charge is -2.06. The topological polar surface area (TPSA) is 73.1 Å². The summed E-state index contributed by atoms with van der Waals surface area (Å²) in [6, 6.07) is 9.50. The van der Waals surface area contributed by atoms with Crippen molar-refractivity contribution in [3.63, 3.8) is 0 Å². The normalized spacial score (nSPS) is 11.0. The van der Waals surface area contributed by atoms with E-state index in [9.17, 15) is 0 Å². The summed E-state index contributed by atoms with van der Waals surface area (Å²) < 4.78 is 5.64. The van der Waals surface area contributed by atoms with E-state index in [0.717, 1.165) is 15.8 Å². The van der Waals surface area contributed by atoms with Gasteiger partial charge in [-0.1, -0.05) is 23.7 Å². The molecule has 0 aliphatic rings. The standard InChI is InChI=1S/C14H13ClN4OS/c15-10-3-1-2-9(6-10)7-20-8-12-17-13(19-16)11-4-5-21-14(11)18-12/h1-6H,7-8,16H2,(H,17,18,19). The average Bonchev–Trinajstić information content (AvgIpc) is 2.95. The van der Waals surface area contributed by atoms with Crippen molar-refractivity contribution >= 4 is 39.0 Å². The van der Waals surface area contributed by atoms with E-state index in [0.29, 0.717) is 29.9 Å². The molecule has 3 rings (SSSR count). The number of hydrogen-bond donors (Lipinski definition) is 2. The number of nitrogens with two attached hydrogens (primary N) is 1. The van der Waals surface area contributed by atoms with E-state index in [1.54, 1.807) is 11.3 Å². The van der Waals surface area contributed by atoms with Gasteiger partial charge < -0.3 is 10.2 Å². The minimum Gasteiger partial charge on any atom is -0.369 e. The number of nitrogens with zero attached hydrogens (tertiary/aromatic N) is 2. The predicted molar refractivity (Wildman–Crippen MR) is 85.2 cm³/mol. The second-order valence-electron chi connectivity index (χ2n) is 4.39. The number of nitrogens with one attached hydrogen (secondary N) is 1. The first kappa shape index (κ1) is 14.2. The van der Waals surface area contributed by atoms with Crippen LogP contribution in [0.3, 0.4) is 0 Å². The van der Waals surface area contributed by atoms with Crippen LogP contribution >= 0.6 is 22.9 Å². The number of nitrogen functional groups attached to an aromatic ring is 1. The Labute approximate surface area is 130 Å². The number of fused-ring (bicyclic) bond motifs is 1. The molecule has 3 aromatic rings. The molecule has 2 heterocycles. The molecule has 0 unspecified atom stereocenters. The average molecular weight is 321 g/mol. The molecule has 0 bridgehead atoms. The molecule has 1 aromatic carbocycles. The molecule has 7 heteroatoms. The summed E-state index contributed by atoms with van der Waals surface area (Å²) in [6.45, 7) is 0.771. The lowest BCUT2D eigenvalue weighted by Crippen LogP contribution is -2.11. The number of halogens is 1. The summed E-state index contributed by atoms with van der Waals surface area (Å²) in [6.07, 6.45) is 0. The van der Waals surface area contributed by atoms with Gasteiger partial charge in [-0.15, -0.1) is 11.3 Å². The maximum Gasteiger partial charge on any atom is 0.158 e. The molecule has 108 valence electrons. The van der Waals surface area contributed by atoms with E-state index in [1.807, 2.05) is 35.7 Å². The molecule has 0 fully saturated rings. The summed E-state index contributed by atoms with van der Waals surface area (Å²) in [4.78, 5) is 9.69. The van der Waals surface area contributed by atoms with Crippen LogP contribution < -0.4 is 11.3 Å². The fourth-order valence-electron chi connectivity index (χ4n) is 1.96. The van der Waals surface area contributed by atoms with Gasteiger partial charge in [-0.25, -0.2) is 15.8 Å². The molecule has 2 aromatic heterocycles. The SMILES string of the molecule is NNc1nc(COCc2cccc(Cl)c2)nc2sccc12. The van der Waals surface area contributed by atoms with Crippen LogP contribution in [-0.4, -0.2) is 9.97 Å². The summed E-state index contributed by atoms with van der Waals surface area (Å²) in [5, 5.41) is 3.57. The Balaban J connectivity index is 1.70. The zero-order chi connectivity index (χ0) is 14.7. The number of anilines is 1. The Hall–Kier alpha value is -1.73. The number of hydrazine groups is 1. The maximum atomic E-state index is 5.93.